The molecule has 3 atom stereocenters. The number of methoxy groups -OCH3 is 2. The van der Waals surface area contributed by atoms with E-state index in [-0.39, 0.29) is 54.9 Å². The van der Waals surface area contributed by atoms with Crippen molar-refractivity contribution in [2.45, 2.75) is 90.1 Å². The van der Waals surface area contributed by atoms with Crippen LogP contribution in [0, 0.1) is 0 Å². The van der Waals surface area contributed by atoms with Crippen LogP contribution < -0.4 is 31.0 Å². The molecule has 0 aromatic carbocycles. The summed E-state index contributed by atoms with van der Waals surface area (Å²) in [6.07, 6.45) is 0.401. The molecule has 13 nitrogen and oxygen atoms in total. The minimum Gasteiger partial charge on any atom is -1.00 e. The Kier molecular flexibility index (Phi) is 33.5. The standard InChI is InChI=1S/C12H19NO4.C11H17NO4.C7H11NO2.ClH.I3.I2.HI/c1-8-6-9(10(14)16-5)13(7-8)11(15)17-12(2,3)4;1-7-5-8(9(13)14)12(6-7)10(15)16-11(2,3)4;1-5-3-6(8-4-5)7(9)10-2;;1-3-2;1-2;/h9H,1,6-7H2,2-5H3;8H,1,5-6H2,2-4H3,(H,13,14);6,8H,1,3-4H2,2H3;1H;;;1H/q;;;;-1;;/t9-;8-;6-;;;;/m000..../s1. The summed E-state index contributed by atoms with van der Waals surface area (Å²) in [5.74, 6) is -1.60. The second kappa shape index (κ2) is 29.1. The van der Waals surface area contributed by atoms with E-state index in [1.807, 2.05) is 5.32 Å². The van der Waals surface area contributed by atoms with Crippen LogP contribution in [0.15, 0.2) is 36.5 Å². The number of likely N-dealkylation sites (tertiary alicyclic amines) is 2. The molecule has 3 aliphatic heterocycles. The number of aliphatic carboxylic acids is 1. The number of carbonyl (C=O) groups excluding carboxylic acids is 4. The van der Waals surface area contributed by atoms with Crippen molar-refractivity contribution in [3.05, 3.63) is 36.5 Å². The van der Waals surface area contributed by atoms with Crippen molar-refractivity contribution in [1.29, 1.82) is 0 Å². The fourth-order valence-electron chi connectivity index (χ4n) is 4.31. The molecule has 0 radical (unpaired) electrons. The van der Waals surface area contributed by atoms with E-state index in [0.29, 0.717) is 32.6 Å². The molecule has 2 amide bonds. The molecule has 0 aromatic rings. The first-order chi connectivity index (χ1) is 22.1. The summed E-state index contributed by atoms with van der Waals surface area (Å²) in [6.45, 7) is 23.3. The maximum atomic E-state index is 11.9. The van der Waals surface area contributed by atoms with E-state index in [1.54, 1.807) is 41.5 Å². The van der Waals surface area contributed by atoms with Crippen LogP contribution in [0.5, 0.6) is 0 Å². The predicted molar refractivity (Wildman–Crippen MR) is 228 cm³/mol. The zero-order valence-corrected chi connectivity index (χ0v) is 43.2. The van der Waals surface area contributed by atoms with Gasteiger partial charge in [0.25, 0.3) is 0 Å². The number of nitrogens with two attached hydrogens (primary N) is 1. The number of carboxylic acids is 1. The topological polar surface area (TPSA) is 166 Å². The fourth-order valence-corrected chi connectivity index (χ4v) is 4.31. The number of halogens is 7. The van der Waals surface area contributed by atoms with Gasteiger partial charge in [-0.05, 0) is 47.1 Å². The molecule has 0 aromatic heterocycles. The number of hydrogen-bond donors (Lipinski definition) is 2. The molecule has 0 aliphatic carbocycles. The molecule has 3 saturated heterocycles. The van der Waals surface area contributed by atoms with Crippen LogP contribution in [0.1, 0.15) is 60.8 Å². The van der Waals surface area contributed by atoms with E-state index >= 15 is 0 Å². The van der Waals surface area contributed by atoms with Gasteiger partial charge in [-0.1, -0.05) is 30.9 Å². The Morgan fingerprint density at radius 2 is 1.12 bits per heavy atom. The third kappa shape index (κ3) is 24.3. The largest absolute Gasteiger partial charge is 1.00 e. The van der Waals surface area contributed by atoms with Crippen LogP contribution in [0.3, 0.4) is 0 Å². The predicted octanol–water partition coefficient (Wildman–Crippen LogP) is 0.582. The molecule has 0 unspecified atom stereocenters. The zero-order chi connectivity index (χ0) is 38.0. The van der Waals surface area contributed by atoms with Gasteiger partial charge in [0.15, 0.2) is 6.04 Å². The van der Waals surface area contributed by atoms with Crippen molar-refractivity contribution in [3.63, 3.8) is 0 Å². The van der Waals surface area contributed by atoms with Gasteiger partial charge in [-0.25, -0.2) is 24.0 Å². The number of quaternary nitrogens is 1. The first-order valence-corrected chi connectivity index (χ1v) is 33.2. The van der Waals surface area contributed by atoms with Gasteiger partial charge in [-0.2, -0.15) is 0 Å². The molecule has 3 rings (SSSR count). The minimum absolute atomic E-state index is 0. The van der Waals surface area contributed by atoms with Gasteiger partial charge >= 0.3 is 80.6 Å². The van der Waals surface area contributed by atoms with Gasteiger partial charge in [-0.3, -0.25) is 9.80 Å². The van der Waals surface area contributed by atoms with Crippen molar-refractivity contribution in [2.24, 2.45) is 0 Å². The summed E-state index contributed by atoms with van der Waals surface area (Å²) >= 11 is 9.54. The Labute approximate surface area is 372 Å². The Balaban J connectivity index is -0.000000299. The molecule has 3 heterocycles. The monoisotopic (exact) mass is 1410 g/mol. The van der Waals surface area contributed by atoms with E-state index in [0.717, 1.165) is 29.7 Å². The number of carbonyl (C=O) groups is 5. The summed E-state index contributed by atoms with van der Waals surface area (Å²) in [5, 5.41) is 10.9. The van der Waals surface area contributed by atoms with E-state index in [4.69, 9.17) is 14.6 Å². The third-order valence-electron chi connectivity index (χ3n) is 6.22. The number of esters is 2. The van der Waals surface area contributed by atoms with Crippen molar-refractivity contribution >= 4 is 129 Å². The fraction of sp³-hybridized carbons (Fsp3) is 0.633. The Bertz CT molecular complexity index is 1150. The van der Waals surface area contributed by atoms with E-state index in [2.05, 4.69) is 104 Å². The Morgan fingerprint density at radius 3 is 1.42 bits per heavy atom. The number of nitrogens with zero attached hydrogens (tertiary/aromatic N) is 2. The van der Waals surface area contributed by atoms with Crippen molar-refractivity contribution < 1.29 is 79.0 Å². The SMILES string of the molecule is C=C1C[C@@H](C(=O)O)N(C(=O)OC(C)(C)C)C1.C=C1C[C@@H](C(=O)OC)N(C(=O)OC(C)(C)C)C1.C=C1C[NH2+][C@H](C(=O)OC)C1.I.II.I[I-]I.[Cl-]. The maximum Gasteiger partial charge on any atom is -1.00 e. The number of rotatable bonds is 3. The second-order valence-corrected chi connectivity index (χ2v) is 28.8. The van der Waals surface area contributed by atoms with Crippen LogP contribution in [-0.4, -0.2) is 108 Å². The van der Waals surface area contributed by atoms with Crippen molar-refractivity contribution in [1.82, 2.24) is 9.80 Å². The zero-order valence-electron chi connectivity index (χ0n) is 29.4. The third-order valence-corrected chi connectivity index (χ3v) is 6.22. The van der Waals surface area contributed by atoms with E-state index in [9.17, 15) is 24.0 Å². The summed E-state index contributed by atoms with van der Waals surface area (Å²) in [4.78, 5) is 59.5. The molecular weight excluding hydrogens is 1360 g/mol. The average molecular weight is 1410 g/mol. The first-order valence-electron chi connectivity index (χ1n) is 14.3. The molecule has 0 saturated carbocycles. The van der Waals surface area contributed by atoms with Gasteiger partial charge in [0.05, 0.1) is 20.8 Å². The molecule has 294 valence electrons. The number of carboxylic acid groups (broad SMARTS) is 1. The van der Waals surface area contributed by atoms with E-state index in [1.165, 1.54) is 24.0 Å². The first kappa shape index (κ1) is 57.5. The average Bonchev–Trinajstić information content (AvgIpc) is 3.70. The van der Waals surface area contributed by atoms with Crippen LogP contribution >= 0.6 is 98.4 Å². The van der Waals surface area contributed by atoms with Crippen LogP contribution in [0.25, 0.3) is 0 Å². The van der Waals surface area contributed by atoms with Gasteiger partial charge in [-0.15, -0.1) is 24.0 Å². The van der Waals surface area contributed by atoms with Crippen LogP contribution in [-0.2, 0) is 33.3 Å². The minimum atomic E-state index is -1.02. The summed E-state index contributed by atoms with van der Waals surface area (Å²) in [7, 11) is 2.72. The molecule has 0 spiro atoms. The molecule has 3 N–H and O–H groups in total. The van der Waals surface area contributed by atoms with Gasteiger partial charge in [0.2, 0.25) is 0 Å². The summed E-state index contributed by atoms with van der Waals surface area (Å²) in [5.41, 5.74) is 1.48. The Hall–Kier alpha value is 0.800. The van der Waals surface area contributed by atoms with E-state index < -0.39 is 47.4 Å². The molecule has 0 bridgehead atoms. The van der Waals surface area contributed by atoms with Gasteiger partial charge in [0.1, 0.15) is 23.3 Å². The molecule has 3 fully saturated rings. The summed E-state index contributed by atoms with van der Waals surface area (Å²) in [6, 6.07) is -1.48. The maximum absolute atomic E-state index is 11.9. The smallest absolute Gasteiger partial charge is 1.00 e. The van der Waals surface area contributed by atoms with Gasteiger partial charge in [0, 0.05) is 69.6 Å². The number of amides is 2. The van der Waals surface area contributed by atoms with Crippen molar-refractivity contribution in [2.75, 3.05) is 33.9 Å². The molecule has 3 aliphatic rings. The van der Waals surface area contributed by atoms with Crippen LogP contribution in [0.4, 0.5) is 9.59 Å². The molecular formula is C30H49ClI6N3O10-. The number of ether oxygens (including phenoxy) is 4. The van der Waals surface area contributed by atoms with Crippen molar-refractivity contribution in [3.8, 4) is 0 Å². The number of hydrogen-bond acceptors (Lipinski definition) is 9. The second-order valence-electron chi connectivity index (χ2n) is 12.6. The summed E-state index contributed by atoms with van der Waals surface area (Å²) < 4.78 is 19.6. The normalized spacial score (nSPS) is 19.2. The molecule has 50 heavy (non-hydrogen) atoms. The molecule has 20 heteroatoms. The van der Waals surface area contributed by atoms with Crippen LogP contribution in [0.2, 0.25) is 0 Å². The van der Waals surface area contributed by atoms with Gasteiger partial charge < -0.3 is 41.8 Å². The Morgan fingerprint density at radius 1 is 0.760 bits per heavy atom. The quantitative estimate of drug-likeness (QED) is 0.177.